The molecule has 0 aromatic heterocycles. The van der Waals surface area contributed by atoms with Gasteiger partial charge in [-0.25, -0.2) is 0 Å². The van der Waals surface area contributed by atoms with E-state index in [9.17, 15) is 4.79 Å². The third kappa shape index (κ3) is 2.86. The number of nitrogens with one attached hydrogen (secondary N) is 1. The zero-order valence-corrected chi connectivity index (χ0v) is 10.3. The number of carbonyl (C=O) groups excluding carboxylic acids is 1. The number of amides is 1. The van der Waals surface area contributed by atoms with Crippen molar-refractivity contribution < 1.29 is 4.79 Å². The highest BCUT2D eigenvalue weighted by atomic mass is 16.1. The molecular formula is C14H20N2O. The zero-order chi connectivity index (χ0) is 12.3. The second-order valence-corrected chi connectivity index (χ2v) is 4.89. The van der Waals surface area contributed by atoms with Crippen molar-refractivity contribution in [1.82, 2.24) is 0 Å². The van der Waals surface area contributed by atoms with Gasteiger partial charge in [0.15, 0.2) is 0 Å². The Morgan fingerprint density at radius 1 is 1.47 bits per heavy atom. The van der Waals surface area contributed by atoms with Crippen LogP contribution in [0.1, 0.15) is 24.8 Å². The van der Waals surface area contributed by atoms with E-state index in [1.165, 1.54) is 0 Å². The molecule has 3 heteroatoms. The first kappa shape index (κ1) is 12.1. The lowest BCUT2D eigenvalue weighted by Crippen LogP contribution is -2.29. The summed E-state index contributed by atoms with van der Waals surface area (Å²) >= 11 is 0. The molecule has 0 heterocycles. The van der Waals surface area contributed by atoms with Crippen molar-refractivity contribution in [1.29, 1.82) is 0 Å². The Hall–Kier alpha value is -1.35. The van der Waals surface area contributed by atoms with Gasteiger partial charge in [0.25, 0.3) is 0 Å². The maximum atomic E-state index is 12.1. The van der Waals surface area contributed by atoms with E-state index in [0.29, 0.717) is 12.5 Å². The Morgan fingerprint density at radius 3 is 3.00 bits per heavy atom. The predicted octanol–water partition coefficient (Wildman–Crippen LogP) is 2.31. The summed E-state index contributed by atoms with van der Waals surface area (Å²) in [5.41, 5.74) is 7.74. The number of hydrogen-bond donors (Lipinski definition) is 2. The van der Waals surface area contributed by atoms with Gasteiger partial charge in [0, 0.05) is 11.6 Å². The Bertz CT molecular complexity index is 403. The molecule has 2 atom stereocenters. The predicted molar refractivity (Wildman–Crippen MR) is 69.7 cm³/mol. The molecule has 0 radical (unpaired) electrons. The Balaban J connectivity index is 2.01. The first-order valence-electron chi connectivity index (χ1n) is 6.28. The van der Waals surface area contributed by atoms with Crippen molar-refractivity contribution in [2.24, 2.45) is 17.6 Å². The van der Waals surface area contributed by atoms with E-state index >= 15 is 0 Å². The van der Waals surface area contributed by atoms with Crippen LogP contribution in [-0.4, -0.2) is 12.5 Å². The summed E-state index contributed by atoms with van der Waals surface area (Å²) in [4.78, 5) is 12.1. The highest BCUT2D eigenvalue weighted by molar-refractivity contribution is 5.93. The fraction of sp³-hybridized carbons (Fsp3) is 0.500. The zero-order valence-electron chi connectivity index (χ0n) is 10.3. The van der Waals surface area contributed by atoms with Crippen LogP contribution in [0.4, 0.5) is 5.69 Å². The number of anilines is 1. The SMILES string of the molecule is Cc1cccc(NC(=O)C2CCCC2CN)c1. The van der Waals surface area contributed by atoms with Crippen LogP contribution in [0.2, 0.25) is 0 Å². The van der Waals surface area contributed by atoms with Crippen LogP contribution in [0.5, 0.6) is 0 Å². The summed E-state index contributed by atoms with van der Waals surface area (Å²) in [6.45, 7) is 2.64. The Kier molecular flexibility index (Phi) is 3.79. The largest absolute Gasteiger partial charge is 0.330 e. The average Bonchev–Trinajstić information content (AvgIpc) is 2.77. The lowest BCUT2D eigenvalue weighted by Gasteiger charge is -2.17. The molecule has 1 fully saturated rings. The van der Waals surface area contributed by atoms with Gasteiger partial charge in [0.2, 0.25) is 5.91 Å². The summed E-state index contributed by atoms with van der Waals surface area (Å²) in [7, 11) is 0. The molecule has 3 nitrogen and oxygen atoms in total. The molecule has 2 unspecified atom stereocenters. The highest BCUT2D eigenvalue weighted by Gasteiger charge is 2.31. The minimum atomic E-state index is 0.0977. The van der Waals surface area contributed by atoms with Gasteiger partial charge in [-0.1, -0.05) is 18.6 Å². The van der Waals surface area contributed by atoms with Crippen molar-refractivity contribution >= 4 is 11.6 Å². The maximum Gasteiger partial charge on any atom is 0.227 e. The molecule has 0 spiro atoms. The topological polar surface area (TPSA) is 55.1 Å². The first-order valence-corrected chi connectivity index (χ1v) is 6.28. The standard InChI is InChI=1S/C14H20N2O/c1-10-4-2-6-12(8-10)16-14(17)13-7-3-5-11(13)9-15/h2,4,6,8,11,13H,3,5,7,9,15H2,1H3,(H,16,17). The number of aryl methyl sites for hydroxylation is 1. The number of nitrogens with two attached hydrogens (primary N) is 1. The van der Waals surface area contributed by atoms with Crippen LogP contribution in [0.3, 0.4) is 0 Å². The lowest BCUT2D eigenvalue weighted by molar-refractivity contribution is -0.120. The fourth-order valence-electron chi connectivity index (χ4n) is 2.62. The van der Waals surface area contributed by atoms with Crippen molar-refractivity contribution in [3.05, 3.63) is 29.8 Å². The summed E-state index contributed by atoms with van der Waals surface area (Å²) in [6.07, 6.45) is 3.18. The molecule has 1 aliphatic rings. The monoisotopic (exact) mass is 232 g/mol. The van der Waals surface area contributed by atoms with Gasteiger partial charge >= 0.3 is 0 Å². The van der Waals surface area contributed by atoms with Crippen LogP contribution in [-0.2, 0) is 4.79 Å². The minimum absolute atomic E-state index is 0.0977. The molecule has 1 aromatic carbocycles. The van der Waals surface area contributed by atoms with E-state index in [-0.39, 0.29) is 11.8 Å². The van der Waals surface area contributed by atoms with Crippen LogP contribution in [0.15, 0.2) is 24.3 Å². The fourth-order valence-corrected chi connectivity index (χ4v) is 2.62. The quantitative estimate of drug-likeness (QED) is 0.840. The molecule has 1 amide bonds. The van der Waals surface area contributed by atoms with Crippen molar-refractivity contribution in [2.75, 3.05) is 11.9 Å². The number of rotatable bonds is 3. The molecule has 1 aromatic rings. The maximum absolute atomic E-state index is 12.1. The van der Waals surface area contributed by atoms with E-state index in [2.05, 4.69) is 5.32 Å². The molecular weight excluding hydrogens is 212 g/mol. The van der Waals surface area contributed by atoms with E-state index < -0.39 is 0 Å². The van der Waals surface area contributed by atoms with Crippen LogP contribution in [0, 0.1) is 18.8 Å². The summed E-state index contributed by atoms with van der Waals surface area (Å²) in [5.74, 6) is 0.587. The molecule has 1 saturated carbocycles. The van der Waals surface area contributed by atoms with Gasteiger partial charge < -0.3 is 11.1 Å². The smallest absolute Gasteiger partial charge is 0.227 e. The van der Waals surface area contributed by atoms with Crippen LogP contribution in [0.25, 0.3) is 0 Å². The Morgan fingerprint density at radius 2 is 2.29 bits per heavy atom. The highest BCUT2D eigenvalue weighted by Crippen LogP contribution is 2.31. The van der Waals surface area contributed by atoms with Gasteiger partial charge in [0.05, 0.1) is 0 Å². The second-order valence-electron chi connectivity index (χ2n) is 4.89. The van der Waals surface area contributed by atoms with E-state index in [4.69, 9.17) is 5.73 Å². The van der Waals surface area contributed by atoms with Gasteiger partial charge in [-0.2, -0.15) is 0 Å². The number of benzene rings is 1. The van der Waals surface area contributed by atoms with E-state index in [0.717, 1.165) is 30.5 Å². The van der Waals surface area contributed by atoms with Gasteiger partial charge in [-0.3, -0.25) is 4.79 Å². The number of hydrogen-bond acceptors (Lipinski definition) is 2. The van der Waals surface area contributed by atoms with Gasteiger partial charge in [0.1, 0.15) is 0 Å². The molecule has 0 saturated heterocycles. The minimum Gasteiger partial charge on any atom is -0.330 e. The summed E-state index contributed by atoms with van der Waals surface area (Å²) < 4.78 is 0. The van der Waals surface area contributed by atoms with Gasteiger partial charge in [-0.15, -0.1) is 0 Å². The Labute approximate surface area is 102 Å². The van der Waals surface area contributed by atoms with E-state index in [1.807, 2.05) is 31.2 Å². The van der Waals surface area contributed by atoms with Crippen molar-refractivity contribution in [3.63, 3.8) is 0 Å². The van der Waals surface area contributed by atoms with Crippen LogP contribution < -0.4 is 11.1 Å². The average molecular weight is 232 g/mol. The third-order valence-corrected chi connectivity index (χ3v) is 3.58. The molecule has 2 rings (SSSR count). The summed E-state index contributed by atoms with van der Waals surface area (Å²) in [6, 6.07) is 7.90. The molecule has 0 bridgehead atoms. The molecule has 0 aliphatic heterocycles. The first-order chi connectivity index (χ1) is 8.20. The second kappa shape index (κ2) is 5.32. The molecule has 92 valence electrons. The summed E-state index contributed by atoms with van der Waals surface area (Å²) in [5, 5.41) is 2.99. The van der Waals surface area contributed by atoms with Gasteiger partial charge in [-0.05, 0) is 49.9 Å². The molecule has 3 N–H and O–H groups in total. The lowest BCUT2D eigenvalue weighted by atomic mass is 9.95. The molecule has 17 heavy (non-hydrogen) atoms. The molecule has 1 aliphatic carbocycles. The van der Waals surface area contributed by atoms with E-state index in [1.54, 1.807) is 0 Å². The van der Waals surface area contributed by atoms with Crippen molar-refractivity contribution in [2.45, 2.75) is 26.2 Å². The normalized spacial score (nSPS) is 23.6. The van der Waals surface area contributed by atoms with Crippen molar-refractivity contribution in [3.8, 4) is 0 Å². The number of carbonyl (C=O) groups is 1. The third-order valence-electron chi connectivity index (χ3n) is 3.58. The van der Waals surface area contributed by atoms with Crippen LogP contribution >= 0.6 is 0 Å².